The van der Waals surface area contributed by atoms with E-state index in [1.54, 1.807) is 29.3 Å². The molecule has 0 aliphatic carbocycles. The molecule has 2 aromatic heterocycles. The van der Waals surface area contributed by atoms with Crippen molar-refractivity contribution in [1.82, 2.24) is 19.5 Å². The van der Waals surface area contributed by atoms with Crippen LogP contribution in [0.4, 0.5) is 0 Å². The second-order valence-electron chi connectivity index (χ2n) is 3.95. The highest BCUT2D eigenvalue weighted by molar-refractivity contribution is 9.09. The highest BCUT2D eigenvalue weighted by Gasteiger charge is 2.18. The molecule has 0 aliphatic heterocycles. The van der Waals surface area contributed by atoms with E-state index in [0.29, 0.717) is 12.1 Å². The highest BCUT2D eigenvalue weighted by atomic mass is 79.9. The van der Waals surface area contributed by atoms with Crippen LogP contribution in [-0.2, 0) is 0 Å². The van der Waals surface area contributed by atoms with E-state index < -0.39 is 0 Å². The summed E-state index contributed by atoms with van der Waals surface area (Å²) in [5.41, 5.74) is 1.36. The van der Waals surface area contributed by atoms with Gasteiger partial charge in [-0.05, 0) is 6.42 Å². The third-order valence-corrected chi connectivity index (χ3v) is 3.04. The van der Waals surface area contributed by atoms with Gasteiger partial charge in [-0.15, -0.1) is 0 Å². The van der Waals surface area contributed by atoms with E-state index in [1.165, 1.54) is 0 Å². The zero-order valence-electron chi connectivity index (χ0n) is 10.2. The van der Waals surface area contributed by atoms with Gasteiger partial charge in [0.05, 0.1) is 23.5 Å². The fraction of sp³-hybridized carbons (Fsp3) is 0.417. The third-order valence-electron chi connectivity index (χ3n) is 2.69. The summed E-state index contributed by atoms with van der Waals surface area (Å²) in [4.78, 5) is 18.3. The Morgan fingerprint density at radius 3 is 3.00 bits per heavy atom. The fourth-order valence-electron chi connectivity index (χ4n) is 1.86. The van der Waals surface area contributed by atoms with Crippen LogP contribution in [-0.4, -0.2) is 43.8 Å². The molecule has 0 saturated heterocycles. The Balaban J connectivity index is 2.31. The quantitative estimate of drug-likeness (QED) is 0.793. The third kappa shape index (κ3) is 2.53. The SMILES string of the molecule is CCCN(CCBr)C(=O)c1cnn2ccncc12. The van der Waals surface area contributed by atoms with Gasteiger partial charge >= 0.3 is 0 Å². The lowest BCUT2D eigenvalue weighted by molar-refractivity contribution is 0.0768. The van der Waals surface area contributed by atoms with Crippen molar-refractivity contribution in [3.63, 3.8) is 0 Å². The molecule has 0 atom stereocenters. The molecule has 96 valence electrons. The van der Waals surface area contributed by atoms with E-state index in [9.17, 15) is 4.79 Å². The van der Waals surface area contributed by atoms with Crippen LogP contribution in [0.3, 0.4) is 0 Å². The molecule has 6 heteroatoms. The predicted octanol–water partition coefficient (Wildman–Crippen LogP) is 1.98. The number of hydrogen-bond acceptors (Lipinski definition) is 3. The molecule has 5 nitrogen and oxygen atoms in total. The van der Waals surface area contributed by atoms with E-state index in [0.717, 1.165) is 23.8 Å². The molecule has 0 aliphatic rings. The second kappa shape index (κ2) is 5.95. The Bertz CT molecular complexity index is 534. The number of aromatic nitrogens is 3. The van der Waals surface area contributed by atoms with Crippen LogP contribution in [0, 0.1) is 0 Å². The van der Waals surface area contributed by atoms with Crippen LogP contribution in [0.1, 0.15) is 23.7 Å². The molecule has 0 bridgehead atoms. The van der Waals surface area contributed by atoms with Gasteiger partial charge in [-0.3, -0.25) is 9.78 Å². The Morgan fingerprint density at radius 2 is 2.28 bits per heavy atom. The number of amides is 1. The molecule has 0 aromatic carbocycles. The van der Waals surface area contributed by atoms with Gasteiger partial charge in [0, 0.05) is 30.8 Å². The van der Waals surface area contributed by atoms with Gasteiger partial charge < -0.3 is 4.90 Å². The molecule has 2 heterocycles. The molecular weight excluding hydrogens is 296 g/mol. The minimum atomic E-state index is 0.0132. The van der Waals surface area contributed by atoms with Crippen molar-refractivity contribution in [2.45, 2.75) is 13.3 Å². The number of fused-ring (bicyclic) bond motifs is 1. The molecule has 2 aromatic rings. The molecule has 0 spiro atoms. The zero-order valence-corrected chi connectivity index (χ0v) is 11.8. The largest absolute Gasteiger partial charge is 0.338 e. The van der Waals surface area contributed by atoms with Gasteiger partial charge in [0.2, 0.25) is 0 Å². The van der Waals surface area contributed by atoms with Crippen molar-refractivity contribution in [2.75, 3.05) is 18.4 Å². The molecule has 1 amide bonds. The minimum Gasteiger partial charge on any atom is -0.338 e. The standard InChI is InChI=1S/C12H15BrN4O/c1-2-5-16(6-3-13)12(18)10-8-15-17-7-4-14-9-11(10)17/h4,7-9H,2-3,5-6H2,1H3. The molecule has 0 fully saturated rings. The molecule has 0 saturated carbocycles. The lowest BCUT2D eigenvalue weighted by Crippen LogP contribution is -2.33. The molecule has 2 rings (SSSR count). The number of carbonyl (C=O) groups is 1. The highest BCUT2D eigenvalue weighted by Crippen LogP contribution is 2.12. The maximum atomic E-state index is 12.4. The molecule has 0 radical (unpaired) electrons. The summed E-state index contributed by atoms with van der Waals surface area (Å²) in [5.74, 6) is 0.0132. The first-order chi connectivity index (χ1) is 8.77. The number of carbonyl (C=O) groups excluding carboxylic acids is 1. The van der Waals surface area contributed by atoms with Crippen molar-refractivity contribution in [2.24, 2.45) is 0 Å². The van der Waals surface area contributed by atoms with E-state index >= 15 is 0 Å². The average Bonchev–Trinajstić information content (AvgIpc) is 2.81. The molecule has 0 N–H and O–H groups in total. The van der Waals surface area contributed by atoms with Crippen LogP contribution in [0.2, 0.25) is 0 Å². The van der Waals surface area contributed by atoms with Crippen molar-refractivity contribution in [3.05, 3.63) is 30.4 Å². The van der Waals surface area contributed by atoms with E-state index in [2.05, 4.69) is 32.9 Å². The summed E-state index contributed by atoms with van der Waals surface area (Å²) in [6, 6.07) is 0. The summed E-state index contributed by atoms with van der Waals surface area (Å²) < 4.78 is 1.67. The van der Waals surface area contributed by atoms with Crippen molar-refractivity contribution in [3.8, 4) is 0 Å². The number of halogens is 1. The Kier molecular flexibility index (Phi) is 4.30. The van der Waals surface area contributed by atoms with Crippen molar-refractivity contribution >= 4 is 27.4 Å². The van der Waals surface area contributed by atoms with Crippen LogP contribution in [0.5, 0.6) is 0 Å². The number of nitrogens with zero attached hydrogens (tertiary/aromatic N) is 4. The number of hydrogen-bond donors (Lipinski definition) is 0. The summed E-state index contributed by atoms with van der Waals surface area (Å²) in [6.07, 6.45) is 7.60. The second-order valence-corrected chi connectivity index (χ2v) is 4.74. The summed E-state index contributed by atoms with van der Waals surface area (Å²) in [6.45, 7) is 3.51. The van der Waals surface area contributed by atoms with Crippen LogP contribution in [0.15, 0.2) is 24.8 Å². The number of alkyl halides is 1. The van der Waals surface area contributed by atoms with Gasteiger partial charge in [0.15, 0.2) is 0 Å². The zero-order chi connectivity index (χ0) is 13.0. The van der Waals surface area contributed by atoms with Crippen LogP contribution in [0.25, 0.3) is 5.52 Å². The smallest absolute Gasteiger partial charge is 0.257 e. The maximum absolute atomic E-state index is 12.4. The molecule has 0 unspecified atom stereocenters. The van der Waals surface area contributed by atoms with E-state index in [4.69, 9.17) is 0 Å². The first-order valence-corrected chi connectivity index (χ1v) is 7.02. The molecule has 18 heavy (non-hydrogen) atoms. The van der Waals surface area contributed by atoms with Crippen molar-refractivity contribution < 1.29 is 4.79 Å². The normalized spacial score (nSPS) is 10.8. The first-order valence-electron chi connectivity index (χ1n) is 5.90. The summed E-state index contributed by atoms with van der Waals surface area (Å²) in [7, 11) is 0. The lowest BCUT2D eigenvalue weighted by atomic mass is 10.2. The Morgan fingerprint density at radius 1 is 1.44 bits per heavy atom. The van der Waals surface area contributed by atoms with Gasteiger partial charge in [0.1, 0.15) is 0 Å². The predicted molar refractivity (Wildman–Crippen MR) is 73.0 cm³/mol. The van der Waals surface area contributed by atoms with Crippen LogP contribution < -0.4 is 0 Å². The van der Waals surface area contributed by atoms with Gasteiger partial charge in [-0.25, -0.2) is 4.52 Å². The monoisotopic (exact) mass is 310 g/mol. The lowest BCUT2D eigenvalue weighted by Gasteiger charge is -2.20. The number of rotatable bonds is 5. The summed E-state index contributed by atoms with van der Waals surface area (Å²) >= 11 is 3.37. The topological polar surface area (TPSA) is 50.5 Å². The van der Waals surface area contributed by atoms with Gasteiger partial charge in [-0.2, -0.15) is 5.10 Å². The van der Waals surface area contributed by atoms with Gasteiger partial charge in [0.25, 0.3) is 5.91 Å². The van der Waals surface area contributed by atoms with E-state index in [-0.39, 0.29) is 5.91 Å². The Hall–Kier alpha value is -1.43. The van der Waals surface area contributed by atoms with Crippen molar-refractivity contribution in [1.29, 1.82) is 0 Å². The molecular formula is C12H15BrN4O. The first kappa shape index (κ1) is 13.0. The van der Waals surface area contributed by atoms with E-state index in [1.807, 2.05) is 4.90 Å². The maximum Gasteiger partial charge on any atom is 0.257 e. The Labute approximate surface area is 114 Å². The average molecular weight is 311 g/mol. The summed E-state index contributed by atoms with van der Waals surface area (Å²) in [5, 5.41) is 4.93. The van der Waals surface area contributed by atoms with Crippen LogP contribution >= 0.6 is 15.9 Å². The minimum absolute atomic E-state index is 0.0132. The fourth-order valence-corrected chi connectivity index (χ4v) is 2.28. The van der Waals surface area contributed by atoms with Gasteiger partial charge in [-0.1, -0.05) is 22.9 Å².